The number of hydrogen-bond acceptors (Lipinski definition) is 4. The van der Waals surface area contributed by atoms with Crippen LogP contribution in [0.1, 0.15) is 26.7 Å². The molecule has 2 unspecified atom stereocenters. The first-order chi connectivity index (χ1) is 9.47. The molecule has 2 atom stereocenters. The second kappa shape index (κ2) is 6.10. The van der Waals surface area contributed by atoms with E-state index in [9.17, 15) is 9.59 Å². The molecule has 0 aromatic rings. The van der Waals surface area contributed by atoms with Crippen LogP contribution >= 0.6 is 0 Å². The summed E-state index contributed by atoms with van der Waals surface area (Å²) in [5, 5.41) is 12.3. The minimum absolute atomic E-state index is 0.0483. The average Bonchev–Trinajstić information content (AvgIpc) is 2.88. The highest BCUT2D eigenvalue weighted by Crippen LogP contribution is 2.37. The number of morpholine rings is 1. The lowest BCUT2D eigenvalue weighted by Gasteiger charge is -2.42. The van der Waals surface area contributed by atoms with Crippen LogP contribution in [-0.2, 0) is 14.3 Å². The first kappa shape index (κ1) is 15.3. The molecule has 2 fully saturated rings. The highest BCUT2D eigenvalue weighted by Gasteiger charge is 2.47. The fourth-order valence-corrected chi connectivity index (χ4v) is 3.21. The van der Waals surface area contributed by atoms with Crippen LogP contribution in [0.2, 0.25) is 0 Å². The number of ether oxygens (including phenoxy) is 1. The first-order valence-corrected chi connectivity index (χ1v) is 7.28. The summed E-state index contributed by atoms with van der Waals surface area (Å²) in [7, 11) is 0. The van der Waals surface area contributed by atoms with Crippen molar-refractivity contribution in [1.82, 2.24) is 10.2 Å². The summed E-state index contributed by atoms with van der Waals surface area (Å²) in [6.45, 7) is 6.96. The number of rotatable bonds is 4. The number of nitrogens with one attached hydrogen (secondary N) is 1. The molecular formula is C14H24N2O4. The predicted molar refractivity (Wildman–Crippen MR) is 73.3 cm³/mol. The monoisotopic (exact) mass is 284 g/mol. The van der Waals surface area contributed by atoms with Gasteiger partial charge in [-0.2, -0.15) is 0 Å². The van der Waals surface area contributed by atoms with Crippen LogP contribution in [0.15, 0.2) is 0 Å². The van der Waals surface area contributed by atoms with Crippen LogP contribution in [0.4, 0.5) is 0 Å². The fraction of sp³-hybridized carbons (Fsp3) is 0.857. The van der Waals surface area contributed by atoms with Crippen LogP contribution in [0.3, 0.4) is 0 Å². The Kier molecular flexibility index (Phi) is 4.65. The Labute approximate surface area is 119 Å². The molecule has 2 aliphatic heterocycles. The van der Waals surface area contributed by atoms with E-state index in [-0.39, 0.29) is 24.3 Å². The summed E-state index contributed by atoms with van der Waals surface area (Å²) in [5.41, 5.74) is -0.395. The van der Waals surface area contributed by atoms with Gasteiger partial charge in [0.15, 0.2) is 0 Å². The quantitative estimate of drug-likeness (QED) is 0.777. The minimum atomic E-state index is -0.888. The highest BCUT2D eigenvalue weighted by molar-refractivity contribution is 5.84. The van der Waals surface area contributed by atoms with Crippen molar-refractivity contribution >= 4 is 11.9 Å². The molecular weight excluding hydrogens is 260 g/mol. The van der Waals surface area contributed by atoms with Gasteiger partial charge in [-0.25, -0.2) is 0 Å². The SMILES string of the molecule is CC(C)C1(C(=O)N2CCOCC2CC(=O)O)CCNC1. The van der Waals surface area contributed by atoms with Gasteiger partial charge in [0.25, 0.3) is 0 Å². The third kappa shape index (κ3) is 2.81. The Morgan fingerprint density at radius 1 is 1.50 bits per heavy atom. The molecule has 2 N–H and O–H groups in total. The van der Waals surface area contributed by atoms with Gasteiger partial charge in [-0.1, -0.05) is 13.8 Å². The van der Waals surface area contributed by atoms with Gasteiger partial charge in [-0.3, -0.25) is 9.59 Å². The largest absolute Gasteiger partial charge is 0.481 e. The van der Waals surface area contributed by atoms with Crippen molar-refractivity contribution in [3.8, 4) is 0 Å². The summed E-state index contributed by atoms with van der Waals surface area (Å²) < 4.78 is 5.35. The average molecular weight is 284 g/mol. The number of carboxylic acids is 1. The second-order valence-electron chi connectivity index (χ2n) is 6.06. The summed E-state index contributed by atoms with van der Waals surface area (Å²) in [5.74, 6) is -0.563. The number of nitrogens with zero attached hydrogens (tertiary/aromatic N) is 1. The number of aliphatic carboxylic acids is 1. The van der Waals surface area contributed by atoms with E-state index in [1.165, 1.54) is 0 Å². The van der Waals surface area contributed by atoms with Crippen molar-refractivity contribution < 1.29 is 19.4 Å². The molecule has 0 aromatic carbocycles. The van der Waals surface area contributed by atoms with Gasteiger partial charge in [0.05, 0.1) is 31.1 Å². The maximum absolute atomic E-state index is 13.0. The number of carbonyl (C=O) groups excluding carboxylic acids is 1. The van der Waals surface area contributed by atoms with E-state index in [1.807, 2.05) is 0 Å². The molecule has 2 rings (SSSR count). The molecule has 0 saturated carbocycles. The van der Waals surface area contributed by atoms with Crippen molar-refractivity contribution in [3.63, 3.8) is 0 Å². The van der Waals surface area contributed by atoms with Gasteiger partial charge in [-0.15, -0.1) is 0 Å². The van der Waals surface area contributed by atoms with Gasteiger partial charge in [0, 0.05) is 13.1 Å². The van der Waals surface area contributed by atoms with Crippen LogP contribution in [0.25, 0.3) is 0 Å². The Morgan fingerprint density at radius 2 is 2.25 bits per heavy atom. The van der Waals surface area contributed by atoms with E-state index in [4.69, 9.17) is 9.84 Å². The lowest BCUT2D eigenvalue weighted by Crippen LogP contribution is -2.56. The molecule has 6 heteroatoms. The summed E-state index contributed by atoms with van der Waals surface area (Å²) in [6.07, 6.45) is 0.772. The Balaban J connectivity index is 2.18. The highest BCUT2D eigenvalue weighted by atomic mass is 16.5. The standard InChI is InChI=1S/C14H24N2O4/c1-10(2)14(3-4-15-9-14)13(19)16-5-6-20-8-11(16)7-12(17)18/h10-11,15H,3-9H2,1-2H3,(H,17,18). The normalized spacial score (nSPS) is 30.8. The first-order valence-electron chi connectivity index (χ1n) is 7.28. The van der Waals surface area contributed by atoms with Gasteiger partial charge in [-0.05, 0) is 18.9 Å². The Bertz CT molecular complexity index is 377. The maximum atomic E-state index is 13.0. The molecule has 1 amide bonds. The lowest BCUT2D eigenvalue weighted by atomic mass is 9.75. The molecule has 6 nitrogen and oxygen atoms in total. The number of carbonyl (C=O) groups is 2. The van der Waals surface area contributed by atoms with Crippen molar-refractivity contribution in [1.29, 1.82) is 0 Å². The predicted octanol–water partition coefficient (Wildman–Crippen LogP) is 0.324. The van der Waals surface area contributed by atoms with Crippen LogP contribution < -0.4 is 5.32 Å². The molecule has 2 saturated heterocycles. The molecule has 0 bridgehead atoms. The van der Waals surface area contributed by atoms with Crippen molar-refractivity contribution in [2.24, 2.45) is 11.3 Å². The topological polar surface area (TPSA) is 78.9 Å². The van der Waals surface area contributed by atoms with Gasteiger partial charge < -0.3 is 20.1 Å². The van der Waals surface area contributed by atoms with E-state index in [0.29, 0.717) is 26.3 Å². The number of carboxylic acid groups (broad SMARTS) is 1. The number of amides is 1. The number of hydrogen-bond donors (Lipinski definition) is 2. The smallest absolute Gasteiger partial charge is 0.305 e. The van der Waals surface area contributed by atoms with Gasteiger partial charge in [0.2, 0.25) is 5.91 Å². The molecule has 114 valence electrons. The zero-order valence-corrected chi connectivity index (χ0v) is 12.2. The molecule has 0 radical (unpaired) electrons. The molecule has 2 heterocycles. The van der Waals surface area contributed by atoms with E-state index in [1.54, 1.807) is 4.90 Å². The van der Waals surface area contributed by atoms with E-state index in [0.717, 1.165) is 13.0 Å². The summed E-state index contributed by atoms with van der Waals surface area (Å²) >= 11 is 0. The van der Waals surface area contributed by atoms with Crippen molar-refractivity contribution in [3.05, 3.63) is 0 Å². The van der Waals surface area contributed by atoms with Crippen LogP contribution in [0.5, 0.6) is 0 Å². The van der Waals surface area contributed by atoms with E-state index in [2.05, 4.69) is 19.2 Å². The Morgan fingerprint density at radius 3 is 2.80 bits per heavy atom. The molecule has 2 aliphatic rings. The summed E-state index contributed by atoms with van der Waals surface area (Å²) in [4.78, 5) is 25.7. The second-order valence-corrected chi connectivity index (χ2v) is 6.06. The van der Waals surface area contributed by atoms with Crippen LogP contribution in [-0.4, -0.2) is 60.8 Å². The van der Waals surface area contributed by atoms with Crippen molar-refractivity contribution in [2.75, 3.05) is 32.8 Å². The molecule has 0 aliphatic carbocycles. The van der Waals surface area contributed by atoms with E-state index >= 15 is 0 Å². The minimum Gasteiger partial charge on any atom is -0.481 e. The Hall–Kier alpha value is -1.14. The van der Waals surface area contributed by atoms with Gasteiger partial charge in [0.1, 0.15) is 0 Å². The zero-order chi connectivity index (χ0) is 14.8. The van der Waals surface area contributed by atoms with Gasteiger partial charge >= 0.3 is 5.97 Å². The van der Waals surface area contributed by atoms with E-state index < -0.39 is 11.4 Å². The fourth-order valence-electron chi connectivity index (χ4n) is 3.21. The third-order valence-electron chi connectivity index (χ3n) is 4.62. The molecule has 0 aromatic heterocycles. The maximum Gasteiger partial charge on any atom is 0.305 e. The van der Waals surface area contributed by atoms with Crippen LogP contribution in [0, 0.1) is 11.3 Å². The van der Waals surface area contributed by atoms with Crippen molar-refractivity contribution in [2.45, 2.75) is 32.7 Å². The third-order valence-corrected chi connectivity index (χ3v) is 4.62. The zero-order valence-electron chi connectivity index (χ0n) is 12.2. The lowest BCUT2D eigenvalue weighted by molar-refractivity contribution is -0.155. The molecule has 0 spiro atoms. The molecule has 20 heavy (non-hydrogen) atoms. The summed E-state index contributed by atoms with van der Waals surface area (Å²) in [6, 6.07) is -0.343.